The third-order valence-electron chi connectivity index (χ3n) is 2.87. The fourth-order valence-corrected chi connectivity index (χ4v) is 1.57. The third-order valence-corrected chi connectivity index (χ3v) is 2.87. The number of benzene rings is 1. The fourth-order valence-electron chi connectivity index (χ4n) is 1.57. The second kappa shape index (κ2) is 7.05. The number of halogens is 4. The van der Waals surface area contributed by atoms with Gasteiger partial charge in [-0.25, -0.2) is 17.6 Å². The van der Waals surface area contributed by atoms with E-state index in [0.29, 0.717) is 0 Å². The van der Waals surface area contributed by atoms with E-state index in [1.165, 1.54) is 6.92 Å². The molecule has 0 saturated carbocycles. The van der Waals surface area contributed by atoms with Gasteiger partial charge in [0.15, 0.2) is 23.3 Å². The summed E-state index contributed by atoms with van der Waals surface area (Å²) in [7, 11) is 0. The third kappa shape index (κ3) is 4.17. The summed E-state index contributed by atoms with van der Waals surface area (Å²) in [5.74, 6) is -10.2. The Morgan fingerprint density at radius 3 is 2.38 bits per heavy atom. The number of hydrogen-bond acceptors (Lipinski definition) is 2. The minimum atomic E-state index is -2.06. The summed E-state index contributed by atoms with van der Waals surface area (Å²) in [4.78, 5) is 22.1. The smallest absolute Gasteiger partial charge is 0.306 e. The van der Waals surface area contributed by atoms with Gasteiger partial charge >= 0.3 is 5.97 Å². The number of carboxylic acids is 1. The standard InChI is InChI=1S/C13H13F4NO3/c1-6(13(20)21)3-2-4-18-12(19)7-5-8(14)10(16)11(17)9(7)15/h5-6H,2-4H2,1H3,(H,18,19)(H,20,21). The molecule has 8 heteroatoms. The lowest BCUT2D eigenvalue weighted by Crippen LogP contribution is -2.27. The maximum absolute atomic E-state index is 13.3. The van der Waals surface area contributed by atoms with Crippen LogP contribution in [-0.4, -0.2) is 23.5 Å². The lowest BCUT2D eigenvalue weighted by atomic mass is 10.1. The SMILES string of the molecule is CC(CCCNC(=O)c1cc(F)c(F)c(F)c1F)C(=O)O. The molecule has 4 nitrogen and oxygen atoms in total. The van der Waals surface area contributed by atoms with Crippen LogP contribution >= 0.6 is 0 Å². The fraction of sp³-hybridized carbons (Fsp3) is 0.385. The number of carbonyl (C=O) groups excluding carboxylic acids is 1. The number of nitrogens with one attached hydrogen (secondary N) is 1. The molecule has 2 N–H and O–H groups in total. The molecule has 1 aromatic rings. The van der Waals surface area contributed by atoms with Gasteiger partial charge in [-0.3, -0.25) is 9.59 Å². The summed E-state index contributed by atoms with van der Waals surface area (Å²) in [5, 5.41) is 10.8. The van der Waals surface area contributed by atoms with Crippen LogP contribution in [0.5, 0.6) is 0 Å². The van der Waals surface area contributed by atoms with Crippen molar-refractivity contribution in [2.24, 2.45) is 5.92 Å². The Morgan fingerprint density at radius 2 is 1.81 bits per heavy atom. The van der Waals surface area contributed by atoms with Gasteiger partial charge < -0.3 is 10.4 Å². The van der Waals surface area contributed by atoms with E-state index in [1.54, 1.807) is 0 Å². The van der Waals surface area contributed by atoms with Crippen LogP contribution in [0.25, 0.3) is 0 Å². The maximum Gasteiger partial charge on any atom is 0.306 e. The summed E-state index contributed by atoms with van der Waals surface area (Å²) in [6.45, 7) is 1.48. The Balaban J connectivity index is 2.63. The molecule has 0 saturated heterocycles. The first-order valence-corrected chi connectivity index (χ1v) is 6.09. The Morgan fingerprint density at radius 1 is 1.19 bits per heavy atom. The Hall–Kier alpha value is -2.12. The van der Waals surface area contributed by atoms with Crippen molar-refractivity contribution in [1.82, 2.24) is 5.32 Å². The minimum Gasteiger partial charge on any atom is -0.481 e. The van der Waals surface area contributed by atoms with Crippen LogP contribution in [-0.2, 0) is 4.79 Å². The van der Waals surface area contributed by atoms with Crippen molar-refractivity contribution in [3.05, 3.63) is 34.9 Å². The molecule has 0 heterocycles. The van der Waals surface area contributed by atoms with Crippen LogP contribution in [0.2, 0.25) is 0 Å². The molecule has 1 atom stereocenters. The quantitative estimate of drug-likeness (QED) is 0.367. The first-order chi connectivity index (χ1) is 9.75. The van der Waals surface area contributed by atoms with Gasteiger partial charge in [0.05, 0.1) is 11.5 Å². The van der Waals surface area contributed by atoms with E-state index < -0.39 is 46.6 Å². The van der Waals surface area contributed by atoms with Crippen LogP contribution < -0.4 is 5.32 Å². The van der Waals surface area contributed by atoms with Gasteiger partial charge in [-0.05, 0) is 18.9 Å². The lowest BCUT2D eigenvalue weighted by Gasteiger charge is -2.09. The first-order valence-electron chi connectivity index (χ1n) is 6.09. The molecule has 21 heavy (non-hydrogen) atoms. The number of rotatable bonds is 6. The largest absolute Gasteiger partial charge is 0.481 e. The molecular weight excluding hydrogens is 294 g/mol. The summed E-state index contributed by atoms with van der Waals surface area (Å²) in [6.07, 6.45) is 0.553. The first kappa shape index (κ1) is 16.9. The highest BCUT2D eigenvalue weighted by Crippen LogP contribution is 2.18. The average molecular weight is 307 g/mol. The average Bonchev–Trinajstić information content (AvgIpc) is 2.44. The number of carboxylic acid groups (broad SMARTS) is 1. The van der Waals surface area contributed by atoms with Gasteiger partial charge in [0, 0.05) is 6.54 Å². The van der Waals surface area contributed by atoms with Crippen LogP contribution in [0.3, 0.4) is 0 Å². The number of aliphatic carboxylic acids is 1. The molecule has 1 aromatic carbocycles. The predicted molar refractivity (Wildman–Crippen MR) is 64.6 cm³/mol. The van der Waals surface area contributed by atoms with E-state index in [2.05, 4.69) is 5.32 Å². The molecule has 0 aliphatic heterocycles. The molecule has 0 fully saturated rings. The summed E-state index contributed by atoms with van der Waals surface area (Å²) in [6, 6.07) is 0.267. The molecule has 0 radical (unpaired) electrons. The van der Waals surface area contributed by atoms with Gasteiger partial charge in [0.2, 0.25) is 0 Å². The zero-order valence-corrected chi connectivity index (χ0v) is 11.1. The number of amides is 1. The predicted octanol–water partition coefficient (Wildman–Crippen LogP) is 2.47. The molecule has 0 bridgehead atoms. The van der Waals surface area contributed by atoms with E-state index in [9.17, 15) is 27.2 Å². The molecular formula is C13H13F4NO3. The van der Waals surface area contributed by atoms with Gasteiger partial charge in [-0.15, -0.1) is 0 Å². The van der Waals surface area contributed by atoms with Gasteiger partial charge in [0.25, 0.3) is 5.91 Å². The van der Waals surface area contributed by atoms with Gasteiger partial charge in [0.1, 0.15) is 0 Å². The van der Waals surface area contributed by atoms with Gasteiger partial charge in [-0.1, -0.05) is 6.92 Å². The molecule has 1 rings (SSSR count). The van der Waals surface area contributed by atoms with Crippen LogP contribution in [0.4, 0.5) is 17.6 Å². The van der Waals surface area contributed by atoms with E-state index in [-0.39, 0.29) is 25.5 Å². The van der Waals surface area contributed by atoms with Crippen LogP contribution in [0.1, 0.15) is 30.1 Å². The number of hydrogen-bond donors (Lipinski definition) is 2. The molecule has 116 valence electrons. The van der Waals surface area contributed by atoms with Crippen molar-refractivity contribution in [2.75, 3.05) is 6.54 Å². The highest BCUT2D eigenvalue weighted by molar-refractivity contribution is 5.94. The molecule has 0 aliphatic carbocycles. The molecule has 0 spiro atoms. The molecule has 1 amide bonds. The molecule has 1 unspecified atom stereocenters. The normalized spacial score (nSPS) is 12.0. The molecule has 0 aromatic heterocycles. The zero-order chi connectivity index (χ0) is 16.2. The number of carbonyl (C=O) groups is 2. The van der Waals surface area contributed by atoms with Crippen LogP contribution in [0, 0.1) is 29.2 Å². The van der Waals surface area contributed by atoms with Crippen molar-refractivity contribution in [3.63, 3.8) is 0 Å². The van der Waals surface area contributed by atoms with E-state index >= 15 is 0 Å². The highest BCUT2D eigenvalue weighted by atomic mass is 19.2. The van der Waals surface area contributed by atoms with Crippen molar-refractivity contribution in [3.8, 4) is 0 Å². The van der Waals surface area contributed by atoms with Crippen molar-refractivity contribution >= 4 is 11.9 Å². The highest BCUT2D eigenvalue weighted by Gasteiger charge is 2.22. The molecule has 0 aliphatic rings. The zero-order valence-electron chi connectivity index (χ0n) is 11.1. The van der Waals surface area contributed by atoms with Crippen molar-refractivity contribution < 1.29 is 32.3 Å². The van der Waals surface area contributed by atoms with E-state index in [4.69, 9.17) is 5.11 Å². The second-order valence-corrected chi connectivity index (χ2v) is 4.49. The van der Waals surface area contributed by atoms with E-state index in [1.807, 2.05) is 0 Å². The van der Waals surface area contributed by atoms with Crippen molar-refractivity contribution in [2.45, 2.75) is 19.8 Å². The Kier molecular flexibility index (Phi) is 5.69. The lowest BCUT2D eigenvalue weighted by molar-refractivity contribution is -0.141. The summed E-state index contributed by atoms with van der Waals surface area (Å²) >= 11 is 0. The van der Waals surface area contributed by atoms with Gasteiger partial charge in [-0.2, -0.15) is 0 Å². The van der Waals surface area contributed by atoms with E-state index in [0.717, 1.165) is 0 Å². The van der Waals surface area contributed by atoms with Crippen molar-refractivity contribution in [1.29, 1.82) is 0 Å². The minimum absolute atomic E-state index is 0.00346. The Labute approximate surface area is 117 Å². The second-order valence-electron chi connectivity index (χ2n) is 4.49. The Bertz CT molecular complexity index is 563. The summed E-state index contributed by atoms with van der Waals surface area (Å²) < 4.78 is 51.9. The van der Waals surface area contributed by atoms with Crippen LogP contribution in [0.15, 0.2) is 6.07 Å². The monoisotopic (exact) mass is 307 g/mol. The summed E-state index contributed by atoms with van der Waals surface area (Å²) in [5.41, 5.74) is -0.947. The topological polar surface area (TPSA) is 66.4 Å². The maximum atomic E-state index is 13.3.